The minimum Gasteiger partial charge on any atom is -0.480 e. The van der Waals surface area contributed by atoms with E-state index >= 15 is 0 Å². The van der Waals surface area contributed by atoms with Crippen LogP contribution in [0.4, 0.5) is 4.79 Å². The van der Waals surface area contributed by atoms with Gasteiger partial charge >= 0.3 is 12.0 Å². The highest BCUT2D eigenvalue weighted by atomic mass is 16.5. The van der Waals surface area contributed by atoms with Crippen LogP contribution in [0.25, 0.3) is 0 Å². The summed E-state index contributed by atoms with van der Waals surface area (Å²) in [6.45, 7) is 5.47. The second-order valence-electron chi connectivity index (χ2n) is 5.91. The zero-order valence-electron chi connectivity index (χ0n) is 11.9. The molecule has 19 heavy (non-hydrogen) atoms. The average molecular weight is 272 g/mol. The number of aliphatic carboxylic acids is 1. The topological polar surface area (TPSA) is 87.7 Å². The summed E-state index contributed by atoms with van der Waals surface area (Å²) in [5, 5.41) is 14.3. The summed E-state index contributed by atoms with van der Waals surface area (Å²) in [4.78, 5) is 22.8. The summed E-state index contributed by atoms with van der Waals surface area (Å²) in [7, 11) is 0. The fourth-order valence-corrected chi connectivity index (χ4v) is 1.96. The van der Waals surface area contributed by atoms with Crippen LogP contribution in [-0.4, -0.2) is 41.4 Å². The quantitative estimate of drug-likeness (QED) is 0.707. The summed E-state index contributed by atoms with van der Waals surface area (Å²) >= 11 is 0. The van der Waals surface area contributed by atoms with Gasteiger partial charge in [-0.05, 0) is 33.6 Å². The Morgan fingerprint density at radius 1 is 1.32 bits per heavy atom. The third-order valence-electron chi connectivity index (χ3n) is 2.98. The zero-order valence-corrected chi connectivity index (χ0v) is 11.9. The highest BCUT2D eigenvalue weighted by Gasteiger charge is 2.24. The van der Waals surface area contributed by atoms with Gasteiger partial charge in [-0.25, -0.2) is 9.59 Å². The number of hydrogen-bond acceptors (Lipinski definition) is 3. The number of carbonyl (C=O) groups excluding carboxylic acids is 1. The first-order valence-electron chi connectivity index (χ1n) is 6.72. The summed E-state index contributed by atoms with van der Waals surface area (Å²) in [5.74, 6) is -1.09. The third kappa shape index (κ3) is 6.42. The lowest BCUT2D eigenvalue weighted by molar-refractivity contribution is -0.142. The lowest BCUT2D eigenvalue weighted by atomic mass is 10.2. The van der Waals surface area contributed by atoms with Gasteiger partial charge in [-0.1, -0.05) is 12.8 Å². The minimum atomic E-state index is -1.09. The molecule has 6 nitrogen and oxygen atoms in total. The van der Waals surface area contributed by atoms with Gasteiger partial charge in [0.1, 0.15) is 0 Å². The fraction of sp³-hybridized carbons (Fsp3) is 0.846. The number of nitrogens with one attached hydrogen (secondary N) is 2. The molecule has 3 N–H and O–H groups in total. The van der Waals surface area contributed by atoms with Crippen molar-refractivity contribution in [3.8, 4) is 0 Å². The van der Waals surface area contributed by atoms with Crippen LogP contribution < -0.4 is 10.6 Å². The van der Waals surface area contributed by atoms with Gasteiger partial charge in [0.25, 0.3) is 0 Å². The number of carboxylic acids is 1. The minimum absolute atomic E-state index is 0.0447. The summed E-state index contributed by atoms with van der Waals surface area (Å²) in [6, 6.07) is -1.30. The largest absolute Gasteiger partial charge is 0.480 e. The van der Waals surface area contributed by atoms with Gasteiger partial charge in [0.15, 0.2) is 6.04 Å². The van der Waals surface area contributed by atoms with Crippen molar-refractivity contribution in [2.24, 2.45) is 0 Å². The molecule has 0 unspecified atom stereocenters. The molecule has 1 aliphatic carbocycles. The van der Waals surface area contributed by atoms with E-state index < -0.39 is 23.6 Å². The molecule has 6 heteroatoms. The molecule has 0 aromatic carbocycles. The van der Waals surface area contributed by atoms with Crippen LogP contribution in [0.1, 0.15) is 46.5 Å². The molecule has 0 saturated heterocycles. The highest BCUT2D eigenvalue weighted by Crippen LogP contribution is 2.17. The maximum atomic E-state index is 11.7. The van der Waals surface area contributed by atoms with Crippen molar-refractivity contribution in [1.82, 2.24) is 10.6 Å². The SMILES string of the molecule is CC(C)(C)OC[C@H](NC(=O)NC1CCCC1)C(=O)O. The molecule has 0 heterocycles. The van der Waals surface area contributed by atoms with E-state index in [0.29, 0.717) is 0 Å². The Hall–Kier alpha value is -1.30. The maximum absolute atomic E-state index is 11.7. The number of carbonyl (C=O) groups is 2. The second-order valence-corrected chi connectivity index (χ2v) is 5.91. The van der Waals surface area contributed by atoms with E-state index in [1.807, 2.05) is 20.8 Å². The van der Waals surface area contributed by atoms with Crippen LogP contribution in [0.15, 0.2) is 0 Å². The molecule has 0 aromatic heterocycles. The van der Waals surface area contributed by atoms with E-state index in [2.05, 4.69) is 10.6 Å². The first-order valence-corrected chi connectivity index (χ1v) is 6.72. The number of ether oxygens (including phenoxy) is 1. The molecular weight excluding hydrogens is 248 g/mol. The summed E-state index contributed by atoms with van der Waals surface area (Å²) < 4.78 is 5.40. The molecule has 0 spiro atoms. The van der Waals surface area contributed by atoms with Crippen molar-refractivity contribution in [3.05, 3.63) is 0 Å². The molecule has 110 valence electrons. The molecule has 1 rings (SSSR count). The van der Waals surface area contributed by atoms with Crippen molar-refractivity contribution in [3.63, 3.8) is 0 Å². The lowest BCUT2D eigenvalue weighted by Gasteiger charge is -2.23. The third-order valence-corrected chi connectivity index (χ3v) is 2.98. The van der Waals surface area contributed by atoms with Crippen molar-refractivity contribution < 1.29 is 19.4 Å². The number of hydrogen-bond donors (Lipinski definition) is 3. The Bertz CT molecular complexity index is 319. The predicted octanol–water partition coefficient (Wildman–Crippen LogP) is 1.50. The molecule has 0 aromatic rings. The van der Waals surface area contributed by atoms with Crippen molar-refractivity contribution in [2.75, 3.05) is 6.61 Å². The van der Waals surface area contributed by atoms with Gasteiger partial charge in [0, 0.05) is 6.04 Å². The molecule has 1 aliphatic rings. The van der Waals surface area contributed by atoms with Crippen LogP contribution in [0.3, 0.4) is 0 Å². The first-order chi connectivity index (χ1) is 8.78. The monoisotopic (exact) mass is 272 g/mol. The maximum Gasteiger partial charge on any atom is 0.328 e. The predicted molar refractivity (Wildman–Crippen MR) is 71.1 cm³/mol. The van der Waals surface area contributed by atoms with E-state index in [-0.39, 0.29) is 12.6 Å². The molecule has 2 amide bonds. The van der Waals surface area contributed by atoms with E-state index in [4.69, 9.17) is 9.84 Å². The Kier molecular flexibility index (Phi) is 5.60. The van der Waals surface area contributed by atoms with Crippen LogP contribution in [-0.2, 0) is 9.53 Å². The molecule has 0 radical (unpaired) electrons. The van der Waals surface area contributed by atoms with Crippen LogP contribution in [0.2, 0.25) is 0 Å². The summed E-state index contributed by atoms with van der Waals surface area (Å²) in [5.41, 5.74) is -0.433. The van der Waals surface area contributed by atoms with Crippen LogP contribution >= 0.6 is 0 Å². The molecule has 1 fully saturated rings. The Morgan fingerprint density at radius 2 is 1.89 bits per heavy atom. The second kappa shape index (κ2) is 6.75. The van der Waals surface area contributed by atoms with Crippen molar-refractivity contribution in [1.29, 1.82) is 0 Å². The molecule has 1 atom stereocenters. The number of rotatable bonds is 5. The smallest absolute Gasteiger partial charge is 0.328 e. The van der Waals surface area contributed by atoms with Gasteiger partial charge in [0.2, 0.25) is 0 Å². The number of amides is 2. The van der Waals surface area contributed by atoms with E-state index in [0.717, 1.165) is 25.7 Å². The zero-order chi connectivity index (χ0) is 14.5. The van der Waals surface area contributed by atoms with Gasteiger partial charge in [-0.3, -0.25) is 0 Å². The Morgan fingerprint density at radius 3 is 2.37 bits per heavy atom. The van der Waals surface area contributed by atoms with E-state index in [1.54, 1.807) is 0 Å². The number of urea groups is 1. The Balaban J connectivity index is 2.39. The molecule has 0 bridgehead atoms. The lowest BCUT2D eigenvalue weighted by Crippen LogP contribution is -2.51. The van der Waals surface area contributed by atoms with Crippen molar-refractivity contribution >= 4 is 12.0 Å². The Labute approximate surface area is 113 Å². The van der Waals surface area contributed by atoms with Crippen LogP contribution in [0, 0.1) is 0 Å². The van der Waals surface area contributed by atoms with E-state index in [9.17, 15) is 9.59 Å². The fourth-order valence-electron chi connectivity index (χ4n) is 1.96. The van der Waals surface area contributed by atoms with Crippen molar-refractivity contribution in [2.45, 2.75) is 64.1 Å². The van der Waals surface area contributed by atoms with Gasteiger partial charge in [-0.2, -0.15) is 0 Å². The normalized spacial score (nSPS) is 18.1. The average Bonchev–Trinajstić information content (AvgIpc) is 2.75. The molecule has 1 saturated carbocycles. The number of carboxylic acid groups (broad SMARTS) is 1. The standard InChI is InChI=1S/C13H24N2O4/c1-13(2,3)19-8-10(11(16)17)15-12(18)14-9-6-4-5-7-9/h9-10H,4-8H2,1-3H3,(H,16,17)(H2,14,15,18)/t10-/m0/s1. The molecular formula is C13H24N2O4. The van der Waals surface area contributed by atoms with Gasteiger partial charge < -0.3 is 20.5 Å². The first kappa shape index (κ1) is 15.8. The van der Waals surface area contributed by atoms with Crippen LogP contribution in [0.5, 0.6) is 0 Å². The van der Waals surface area contributed by atoms with E-state index in [1.165, 1.54) is 0 Å². The summed E-state index contributed by atoms with van der Waals surface area (Å²) in [6.07, 6.45) is 4.15. The highest BCUT2D eigenvalue weighted by molar-refractivity contribution is 5.82. The van der Waals surface area contributed by atoms with Gasteiger partial charge in [0.05, 0.1) is 12.2 Å². The van der Waals surface area contributed by atoms with Gasteiger partial charge in [-0.15, -0.1) is 0 Å². The molecule has 0 aliphatic heterocycles.